The number of carbonyl (C=O) groups excluding carboxylic acids is 1. The molecule has 0 aromatic heterocycles. The molecule has 1 aromatic rings. The van der Waals surface area contributed by atoms with Gasteiger partial charge in [-0.05, 0) is 56.5 Å². The second-order valence-electron chi connectivity index (χ2n) is 5.74. The third-order valence-electron chi connectivity index (χ3n) is 4.00. The zero-order valence-electron chi connectivity index (χ0n) is 13.1. The molecule has 1 fully saturated rings. The van der Waals surface area contributed by atoms with Crippen molar-refractivity contribution in [1.82, 2.24) is 10.2 Å². The summed E-state index contributed by atoms with van der Waals surface area (Å²) in [4.78, 5) is 14.1. The third-order valence-corrected chi connectivity index (χ3v) is 4.00. The van der Waals surface area contributed by atoms with Gasteiger partial charge in [0.1, 0.15) is 5.75 Å². The number of piperidine rings is 1. The van der Waals surface area contributed by atoms with Crippen molar-refractivity contribution in [2.45, 2.75) is 26.7 Å². The zero-order chi connectivity index (χ0) is 15.1. The lowest BCUT2D eigenvalue weighted by Gasteiger charge is -2.32. The van der Waals surface area contributed by atoms with Crippen LogP contribution in [-0.2, 0) is 4.79 Å². The minimum absolute atomic E-state index is 0.0957. The van der Waals surface area contributed by atoms with E-state index in [0.29, 0.717) is 5.92 Å². The van der Waals surface area contributed by atoms with Crippen LogP contribution >= 0.6 is 0 Å². The molecule has 1 aliphatic rings. The first-order valence-corrected chi connectivity index (χ1v) is 7.87. The largest absolute Gasteiger partial charge is 0.484 e. The van der Waals surface area contributed by atoms with E-state index in [-0.39, 0.29) is 12.5 Å². The van der Waals surface area contributed by atoms with Gasteiger partial charge < -0.3 is 15.0 Å². The van der Waals surface area contributed by atoms with E-state index in [1.807, 2.05) is 36.1 Å². The van der Waals surface area contributed by atoms with Crippen LogP contribution in [0.2, 0.25) is 0 Å². The summed E-state index contributed by atoms with van der Waals surface area (Å²) in [5.74, 6) is 1.57. The van der Waals surface area contributed by atoms with Gasteiger partial charge in [0.2, 0.25) is 0 Å². The van der Waals surface area contributed by atoms with Crippen LogP contribution in [0.1, 0.15) is 25.3 Å². The van der Waals surface area contributed by atoms with Gasteiger partial charge in [-0.25, -0.2) is 0 Å². The molecule has 1 aliphatic heterocycles. The normalized spacial score (nSPS) is 16.0. The molecule has 0 aliphatic carbocycles. The lowest BCUT2D eigenvalue weighted by molar-refractivity contribution is -0.134. The maximum absolute atomic E-state index is 12.2. The van der Waals surface area contributed by atoms with E-state index < -0.39 is 0 Å². The molecule has 2 rings (SSSR count). The number of aryl methyl sites for hydroxylation is 1. The van der Waals surface area contributed by atoms with Gasteiger partial charge in [-0.2, -0.15) is 0 Å². The van der Waals surface area contributed by atoms with Gasteiger partial charge in [0.15, 0.2) is 6.61 Å². The Morgan fingerprint density at radius 1 is 1.38 bits per heavy atom. The van der Waals surface area contributed by atoms with Crippen LogP contribution in [0, 0.1) is 12.8 Å². The lowest BCUT2D eigenvalue weighted by atomic mass is 9.97. The highest BCUT2D eigenvalue weighted by Crippen LogP contribution is 2.17. The average molecular weight is 290 g/mol. The van der Waals surface area contributed by atoms with Gasteiger partial charge in [0.05, 0.1) is 0 Å². The summed E-state index contributed by atoms with van der Waals surface area (Å²) >= 11 is 0. The van der Waals surface area contributed by atoms with Crippen molar-refractivity contribution in [3.63, 3.8) is 0 Å². The predicted molar refractivity (Wildman–Crippen MR) is 84.5 cm³/mol. The molecule has 4 nitrogen and oxygen atoms in total. The molecule has 116 valence electrons. The Balaban J connectivity index is 1.72. The average Bonchev–Trinajstić information content (AvgIpc) is 2.51. The van der Waals surface area contributed by atoms with Crippen molar-refractivity contribution in [3.05, 3.63) is 29.8 Å². The van der Waals surface area contributed by atoms with Gasteiger partial charge in [-0.1, -0.05) is 19.1 Å². The van der Waals surface area contributed by atoms with E-state index in [1.165, 1.54) is 0 Å². The number of hydrogen-bond donors (Lipinski definition) is 1. The molecule has 0 atom stereocenters. The second-order valence-corrected chi connectivity index (χ2v) is 5.74. The first-order valence-electron chi connectivity index (χ1n) is 7.87. The van der Waals surface area contributed by atoms with Crippen molar-refractivity contribution in [3.8, 4) is 5.75 Å². The van der Waals surface area contributed by atoms with E-state index in [0.717, 1.165) is 50.3 Å². The quantitative estimate of drug-likeness (QED) is 0.873. The Morgan fingerprint density at radius 3 is 2.81 bits per heavy atom. The summed E-state index contributed by atoms with van der Waals surface area (Å²) in [6, 6.07) is 7.81. The zero-order valence-corrected chi connectivity index (χ0v) is 13.1. The lowest BCUT2D eigenvalue weighted by Crippen LogP contribution is -2.42. The molecule has 0 radical (unpaired) electrons. The Morgan fingerprint density at radius 2 is 2.14 bits per heavy atom. The molecule has 0 bridgehead atoms. The van der Waals surface area contributed by atoms with E-state index in [1.54, 1.807) is 0 Å². The number of benzene rings is 1. The molecular formula is C17H26N2O2. The summed E-state index contributed by atoms with van der Waals surface area (Å²) in [6.07, 6.45) is 2.17. The second kappa shape index (κ2) is 8.03. The monoisotopic (exact) mass is 290 g/mol. The highest BCUT2D eigenvalue weighted by molar-refractivity contribution is 5.77. The van der Waals surface area contributed by atoms with Gasteiger partial charge in [0.25, 0.3) is 5.91 Å². The number of amides is 1. The standard InChI is InChI=1S/C17H26N2O2/c1-3-18-12-15-7-9-19(10-8-15)17(20)13-21-16-6-4-5-14(2)11-16/h4-6,11,15,18H,3,7-10,12-13H2,1-2H3. The van der Waals surface area contributed by atoms with Crippen molar-refractivity contribution < 1.29 is 9.53 Å². The van der Waals surface area contributed by atoms with Gasteiger partial charge in [0, 0.05) is 13.1 Å². The van der Waals surface area contributed by atoms with Gasteiger partial charge in [-0.15, -0.1) is 0 Å². The minimum atomic E-state index is 0.0957. The fraction of sp³-hybridized carbons (Fsp3) is 0.588. The third kappa shape index (κ3) is 5.05. The molecule has 1 amide bonds. The van der Waals surface area contributed by atoms with E-state index in [4.69, 9.17) is 4.74 Å². The number of nitrogens with one attached hydrogen (secondary N) is 1. The topological polar surface area (TPSA) is 41.6 Å². The SMILES string of the molecule is CCNCC1CCN(C(=O)COc2cccc(C)c2)CC1. The van der Waals surface area contributed by atoms with Crippen molar-refractivity contribution in [1.29, 1.82) is 0 Å². The Labute approximate surface area is 127 Å². The summed E-state index contributed by atoms with van der Waals surface area (Å²) in [6.45, 7) is 8.08. The summed E-state index contributed by atoms with van der Waals surface area (Å²) < 4.78 is 5.59. The Bertz CT molecular complexity index is 454. The van der Waals surface area contributed by atoms with Crippen molar-refractivity contribution in [2.24, 2.45) is 5.92 Å². The van der Waals surface area contributed by atoms with Gasteiger partial charge in [-0.3, -0.25) is 4.79 Å². The molecule has 1 heterocycles. The van der Waals surface area contributed by atoms with E-state index in [2.05, 4.69) is 12.2 Å². The van der Waals surface area contributed by atoms with Crippen LogP contribution in [0.15, 0.2) is 24.3 Å². The van der Waals surface area contributed by atoms with Crippen LogP contribution in [0.25, 0.3) is 0 Å². The fourth-order valence-electron chi connectivity index (χ4n) is 2.68. The summed E-state index contributed by atoms with van der Waals surface area (Å²) in [7, 11) is 0. The number of likely N-dealkylation sites (tertiary alicyclic amines) is 1. The summed E-state index contributed by atoms with van der Waals surface area (Å²) in [5.41, 5.74) is 1.14. The number of ether oxygens (including phenoxy) is 1. The molecule has 21 heavy (non-hydrogen) atoms. The van der Waals surface area contributed by atoms with E-state index in [9.17, 15) is 4.79 Å². The van der Waals surface area contributed by atoms with E-state index >= 15 is 0 Å². The number of hydrogen-bond acceptors (Lipinski definition) is 3. The van der Waals surface area contributed by atoms with Crippen LogP contribution in [0.3, 0.4) is 0 Å². The number of carbonyl (C=O) groups is 1. The molecule has 0 saturated carbocycles. The van der Waals surface area contributed by atoms with Crippen molar-refractivity contribution >= 4 is 5.91 Å². The first kappa shape index (κ1) is 15.8. The molecule has 4 heteroatoms. The number of rotatable bonds is 6. The molecule has 1 saturated heterocycles. The Kier molecular flexibility index (Phi) is 6.05. The summed E-state index contributed by atoms with van der Waals surface area (Å²) in [5, 5.41) is 3.39. The smallest absolute Gasteiger partial charge is 0.260 e. The van der Waals surface area contributed by atoms with Crippen LogP contribution in [0.5, 0.6) is 5.75 Å². The fourth-order valence-corrected chi connectivity index (χ4v) is 2.68. The minimum Gasteiger partial charge on any atom is -0.484 e. The van der Waals surface area contributed by atoms with Crippen LogP contribution in [0.4, 0.5) is 0 Å². The maximum atomic E-state index is 12.2. The highest BCUT2D eigenvalue weighted by atomic mass is 16.5. The molecular weight excluding hydrogens is 264 g/mol. The van der Waals surface area contributed by atoms with Crippen LogP contribution < -0.4 is 10.1 Å². The molecule has 1 aromatic carbocycles. The molecule has 0 unspecified atom stereocenters. The van der Waals surface area contributed by atoms with Gasteiger partial charge >= 0.3 is 0 Å². The molecule has 0 spiro atoms. The number of nitrogens with zero attached hydrogens (tertiary/aromatic N) is 1. The maximum Gasteiger partial charge on any atom is 0.260 e. The Hall–Kier alpha value is -1.55. The highest BCUT2D eigenvalue weighted by Gasteiger charge is 2.22. The van der Waals surface area contributed by atoms with Crippen LogP contribution in [-0.4, -0.2) is 43.6 Å². The predicted octanol–water partition coefficient (Wildman–Crippen LogP) is 2.22. The first-order chi connectivity index (χ1) is 10.2. The van der Waals surface area contributed by atoms with Crippen molar-refractivity contribution in [2.75, 3.05) is 32.8 Å². The molecule has 1 N–H and O–H groups in total.